The van der Waals surface area contributed by atoms with Crippen LogP contribution >= 0.6 is 0 Å². The van der Waals surface area contributed by atoms with Gasteiger partial charge in [0.2, 0.25) is 5.91 Å². The number of piperidine rings is 1. The first-order valence-corrected chi connectivity index (χ1v) is 6.81. The molecule has 0 aromatic heterocycles. The van der Waals surface area contributed by atoms with E-state index in [1.807, 2.05) is 0 Å². The molecule has 2 aliphatic heterocycles. The van der Waals surface area contributed by atoms with Gasteiger partial charge in [-0.15, -0.1) is 0 Å². The molecule has 4 heteroatoms. The van der Waals surface area contributed by atoms with E-state index in [-0.39, 0.29) is 17.4 Å². The number of carbonyl (C=O) groups is 1. The number of ether oxygens (including phenoxy) is 1. The Kier molecular flexibility index (Phi) is 4.40. The molecule has 2 heterocycles. The van der Waals surface area contributed by atoms with Gasteiger partial charge in [-0.25, -0.2) is 0 Å². The van der Waals surface area contributed by atoms with Crippen molar-refractivity contribution in [3.63, 3.8) is 0 Å². The lowest BCUT2D eigenvalue weighted by Gasteiger charge is -2.33. The molecule has 0 bridgehead atoms. The number of hydrogen-bond acceptors (Lipinski definition) is 3. The zero-order chi connectivity index (χ0) is 12.1. The highest BCUT2D eigenvalue weighted by atomic mass is 16.5. The number of amides is 1. The van der Waals surface area contributed by atoms with Crippen molar-refractivity contribution in [2.24, 2.45) is 5.41 Å². The Bertz CT molecular complexity index is 256. The van der Waals surface area contributed by atoms with Crippen molar-refractivity contribution in [2.75, 3.05) is 26.2 Å². The van der Waals surface area contributed by atoms with Crippen LogP contribution in [0.3, 0.4) is 0 Å². The van der Waals surface area contributed by atoms with E-state index in [2.05, 4.69) is 17.6 Å². The molecule has 2 rings (SSSR count). The summed E-state index contributed by atoms with van der Waals surface area (Å²) < 4.78 is 5.62. The molecule has 0 aliphatic carbocycles. The molecule has 2 fully saturated rings. The molecular formula is C13H24N2O2. The summed E-state index contributed by atoms with van der Waals surface area (Å²) in [6.45, 7) is 5.41. The van der Waals surface area contributed by atoms with E-state index in [0.717, 1.165) is 45.4 Å². The van der Waals surface area contributed by atoms with Gasteiger partial charge in [0.25, 0.3) is 0 Å². The molecule has 2 saturated heterocycles. The summed E-state index contributed by atoms with van der Waals surface area (Å²) in [6, 6.07) is 0. The average Bonchev–Trinajstić information content (AvgIpc) is 2.38. The van der Waals surface area contributed by atoms with Gasteiger partial charge in [-0.05, 0) is 45.6 Å². The normalized spacial score (nSPS) is 34.3. The number of nitrogens with one attached hydrogen (secondary N) is 2. The third-order valence-electron chi connectivity index (χ3n) is 3.91. The van der Waals surface area contributed by atoms with Crippen molar-refractivity contribution >= 4 is 5.91 Å². The summed E-state index contributed by atoms with van der Waals surface area (Å²) in [4.78, 5) is 12.2. The third-order valence-corrected chi connectivity index (χ3v) is 3.91. The van der Waals surface area contributed by atoms with E-state index in [9.17, 15) is 4.79 Å². The first-order chi connectivity index (χ1) is 8.21. The van der Waals surface area contributed by atoms with Gasteiger partial charge in [-0.2, -0.15) is 0 Å². The fourth-order valence-electron chi connectivity index (χ4n) is 2.64. The molecular weight excluding hydrogens is 216 g/mol. The number of hydrogen-bond donors (Lipinski definition) is 2. The molecule has 98 valence electrons. The summed E-state index contributed by atoms with van der Waals surface area (Å²) in [5.41, 5.74) is -0.229. The molecule has 1 amide bonds. The molecule has 0 spiro atoms. The SMILES string of the molecule is CC1(C(=O)NCC2CCCCO2)CCCNC1. The Hall–Kier alpha value is -0.610. The van der Waals surface area contributed by atoms with Gasteiger partial charge in [-0.1, -0.05) is 0 Å². The van der Waals surface area contributed by atoms with Crippen molar-refractivity contribution in [2.45, 2.75) is 45.1 Å². The second kappa shape index (κ2) is 5.83. The molecule has 2 aliphatic rings. The van der Waals surface area contributed by atoms with Gasteiger partial charge in [0.15, 0.2) is 0 Å². The predicted molar refractivity (Wildman–Crippen MR) is 66.8 cm³/mol. The third kappa shape index (κ3) is 3.42. The van der Waals surface area contributed by atoms with E-state index in [4.69, 9.17) is 4.74 Å². The van der Waals surface area contributed by atoms with Crippen molar-refractivity contribution in [1.82, 2.24) is 10.6 Å². The maximum absolute atomic E-state index is 12.2. The summed E-state index contributed by atoms with van der Waals surface area (Å²) in [5, 5.41) is 6.36. The van der Waals surface area contributed by atoms with Gasteiger partial charge in [-0.3, -0.25) is 4.79 Å². The van der Waals surface area contributed by atoms with Crippen LogP contribution in [0.2, 0.25) is 0 Å². The van der Waals surface area contributed by atoms with Crippen molar-refractivity contribution in [3.8, 4) is 0 Å². The van der Waals surface area contributed by atoms with E-state index >= 15 is 0 Å². The monoisotopic (exact) mass is 240 g/mol. The van der Waals surface area contributed by atoms with Crippen molar-refractivity contribution < 1.29 is 9.53 Å². The Morgan fingerprint density at radius 1 is 1.47 bits per heavy atom. The van der Waals surface area contributed by atoms with Crippen molar-refractivity contribution in [1.29, 1.82) is 0 Å². The highest BCUT2D eigenvalue weighted by molar-refractivity contribution is 5.82. The van der Waals surface area contributed by atoms with Crippen LogP contribution in [0.5, 0.6) is 0 Å². The summed E-state index contributed by atoms with van der Waals surface area (Å²) in [6.07, 6.45) is 5.76. The van der Waals surface area contributed by atoms with E-state index in [1.54, 1.807) is 0 Å². The van der Waals surface area contributed by atoms with Crippen LogP contribution in [0.25, 0.3) is 0 Å². The smallest absolute Gasteiger partial charge is 0.227 e. The van der Waals surface area contributed by atoms with Crippen molar-refractivity contribution in [3.05, 3.63) is 0 Å². The molecule has 17 heavy (non-hydrogen) atoms. The lowest BCUT2D eigenvalue weighted by Crippen LogP contribution is -2.50. The van der Waals surface area contributed by atoms with Crippen LogP contribution in [0.4, 0.5) is 0 Å². The minimum Gasteiger partial charge on any atom is -0.376 e. The average molecular weight is 240 g/mol. The van der Waals surface area contributed by atoms with Gasteiger partial charge >= 0.3 is 0 Å². The largest absolute Gasteiger partial charge is 0.376 e. The maximum Gasteiger partial charge on any atom is 0.227 e. The lowest BCUT2D eigenvalue weighted by atomic mass is 9.82. The number of carbonyl (C=O) groups excluding carboxylic acids is 1. The minimum absolute atomic E-state index is 0.180. The predicted octanol–water partition coefficient (Wildman–Crippen LogP) is 1.06. The Morgan fingerprint density at radius 3 is 3.00 bits per heavy atom. The van der Waals surface area contributed by atoms with Gasteiger partial charge in [0.1, 0.15) is 0 Å². The van der Waals surface area contributed by atoms with Crippen LogP contribution in [0.1, 0.15) is 39.0 Å². The van der Waals surface area contributed by atoms with Gasteiger partial charge < -0.3 is 15.4 Å². The molecule has 0 radical (unpaired) electrons. The minimum atomic E-state index is -0.229. The Morgan fingerprint density at radius 2 is 2.35 bits per heavy atom. The fourth-order valence-corrected chi connectivity index (χ4v) is 2.64. The quantitative estimate of drug-likeness (QED) is 0.775. The van der Waals surface area contributed by atoms with Crippen LogP contribution in [0.15, 0.2) is 0 Å². The standard InChI is InChI=1S/C13H24N2O2/c1-13(6-4-7-14-10-13)12(16)15-9-11-5-2-3-8-17-11/h11,14H,2-10H2,1H3,(H,15,16). The molecule has 4 nitrogen and oxygen atoms in total. The zero-order valence-corrected chi connectivity index (χ0v) is 10.8. The lowest BCUT2D eigenvalue weighted by molar-refractivity contribution is -0.132. The van der Waals surface area contributed by atoms with Crippen LogP contribution < -0.4 is 10.6 Å². The van der Waals surface area contributed by atoms with E-state index < -0.39 is 0 Å². The summed E-state index contributed by atoms with van der Waals surface area (Å²) in [7, 11) is 0. The topological polar surface area (TPSA) is 50.4 Å². The molecule has 2 atom stereocenters. The van der Waals surface area contributed by atoms with Crippen LogP contribution in [-0.4, -0.2) is 38.3 Å². The summed E-state index contributed by atoms with van der Waals surface area (Å²) in [5.74, 6) is 0.180. The van der Waals surface area contributed by atoms with Gasteiger partial charge in [0.05, 0.1) is 11.5 Å². The molecule has 0 aromatic carbocycles. The summed E-state index contributed by atoms with van der Waals surface area (Å²) >= 11 is 0. The Labute approximate surface area is 103 Å². The second-order valence-corrected chi connectivity index (χ2v) is 5.54. The number of rotatable bonds is 3. The first kappa shape index (κ1) is 12.8. The Balaban J connectivity index is 1.75. The molecule has 0 saturated carbocycles. The highest BCUT2D eigenvalue weighted by Gasteiger charge is 2.34. The van der Waals surface area contributed by atoms with E-state index in [0.29, 0.717) is 6.54 Å². The molecule has 0 aromatic rings. The fraction of sp³-hybridized carbons (Fsp3) is 0.923. The molecule has 2 N–H and O–H groups in total. The van der Waals surface area contributed by atoms with Crippen LogP contribution in [-0.2, 0) is 9.53 Å². The second-order valence-electron chi connectivity index (χ2n) is 5.54. The first-order valence-electron chi connectivity index (χ1n) is 6.81. The van der Waals surface area contributed by atoms with Crippen LogP contribution in [0, 0.1) is 5.41 Å². The van der Waals surface area contributed by atoms with Gasteiger partial charge in [0, 0.05) is 19.7 Å². The molecule has 2 unspecified atom stereocenters. The maximum atomic E-state index is 12.2. The highest BCUT2D eigenvalue weighted by Crippen LogP contribution is 2.25. The zero-order valence-electron chi connectivity index (χ0n) is 10.8. The van der Waals surface area contributed by atoms with E-state index in [1.165, 1.54) is 6.42 Å².